The minimum atomic E-state index is -0.285. The van der Waals surface area contributed by atoms with E-state index in [1.165, 1.54) is 6.07 Å². The lowest BCUT2D eigenvalue weighted by Gasteiger charge is -2.07. The molecule has 16 heavy (non-hydrogen) atoms. The summed E-state index contributed by atoms with van der Waals surface area (Å²) in [6, 6.07) is 3.00. The Morgan fingerprint density at radius 3 is 2.62 bits per heavy atom. The Morgan fingerprint density at radius 1 is 1.31 bits per heavy atom. The van der Waals surface area contributed by atoms with Crippen LogP contribution in [0.2, 0.25) is 0 Å². The molecule has 2 aromatic rings. The molecule has 2 rings (SSSR count). The van der Waals surface area contributed by atoms with Crippen LogP contribution in [0, 0.1) is 19.7 Å². The number of aromatic nitrogens is 1. The third kappa shape index (κ3) is 1.52. The second-order valence-electron chi connectivity index (χ2n) is 4.06. The molecule has 0 bridgehead atoms. The predicted molar refractivity (Wildman–Crippen MR) is 63.4 cm³/mol. The minimum absolute atomic E-state index is 0.0110. The third-order valence-electron chi connectivity index (χ3n) is 2.95. The fourth-order valence-electron chi connectivity index (χ4n) is 2.01. The summed E-state index contributed by atoms with van der Waals surface area (Å²) in [4.78, 5) is 15.2. The predicted octanol–water partition coefficient (Wildman–Crippen LogP) is 2.85. The topological polar surface area (TPSA) is 32.9 Å². The number of benzene rings is 1. The van der Waals surface area contributed by atoms with E-state index in [1.54, 1.807) is 13.0 Å². The summed E-state index contributed by atoms with van der Waals surface area (Å²) in [7, 11) is 0. The van der Waals surface area contributed by atoms with Crippen molar-refractivity contribution >= 4 is 10.9 Å². The molecule has 0 radical (unpaired) electrons. The zero-order valence-corrected chi connectivity index (χ0v) is 9.65. The van der Waals surface area contributed by atoms with Crippen molar-refractivity contribution in [2.24, 2.45) is 0 Å². The number of pyridine rings is 1. The maximum absolute atomic E-state index is 13.4. The largest absolute Gasteiger partial charge is 0.358 e. The van der Waals surface area contributed by atoms with Crippen LogP contribution in [0.1, 0.15) is 23.7 Å². The summed E-state index contributed by atoms with van der Waals surface area (Å²) < 4.78 is 13.4. The Hall–Kier alpha value is -1.64. The van der Waals surface area contributed by atoms with Crippen molar-refractivity contribution in [2.45, 2.75) is 27.2 Å². The van der Waals surface area contributed by atoms with Gasteiger partial charge in [-0.3, -0.25) is 4.79 Å². The van der Waals surface area contributed by atoms with Crippen LogP contribution >= 0.6 is 0 Å². The fraction of sp³-hybridized carbons (Fsp3) is 0.308. The molecule has 0 aliphatic carbocycles. The smallest absolute Gasteiger partial charge is 0.192 e. The molecule has 0 saturated carbocycles. The second kappa shape index (κ2) is 3.74. The van der Waals surface area contributed by atoms with Gasteiger partial charge in [0.15, 0.2) is 5.43 Å². The number of rotatable bonds is 1. The third-order valence-corrected chi connectivity index (χ3v) is 2.95. The Labute approximate surface area is 93.1 Å². The molecule has 1 N–H and O–H groups in total. The second-order valence-corrected chi connectivity index (χ2v) is 4.06. The van der Waals surface area contributed by atoms with Crippen molar-refractivity contribution < 1.29 is 4.39 Å². The summed E-state index contributed by atoms with van der Waals surface area (Å²) in [5, 5.41) is 0.571. The Balaban J connectivity index is 2.94. The first-order valence-corrected chi connectivity index (χ1v) is 5.36. The molecule has 3 heteroatoms. The van der Waals surface area contributed by atoms with Crippen molar-refractivity contribution in [3.8, 4) is 0 Å². The quantitative estimate of drug-likeness (QED) is 0.786. The molecule has 0 unspecified atom stereocenters. The molecule has 2 nitrogen and oxygen atoms in total. The summed E-state index contributed by atoms with van der Waals surface area (Å²) >= 11 is 0. The Bertz CT molecular complexity index is 613. The average Bonchev–Trinajstić information content (AvgIpc) is 2.22. The number of aryl methyl sites for hydroxylation is 2. The number of fused-ring (bicyclic) bond motifs is 1. The summed E-state index contributed by atoms with van der Waals surface area (Å²) in [6.45, 7) is 5.46. The molecule has 1 aromatic carbocycles. The van der Waals surface area contributed by atoms with E-state index in [-0.39, 0.29) is 11.2 Å². The average molecular weight is 219 g/mol. The Kier molecular flexibility index (Phi) is 2.54. The van der Waals surface area contributed by atoms with Crippen molar-refractivity contribution in [1.29, 1.82) is 0 Å². The van der Waals surface area contributed by atoms with E-state index in [0.717, 1.165) is 11.3 Å². The van der Waals surface area contributed by atoms with Gasteiger partial charge in [0, 0.05) is 16.6 Å². The maximum Gasteiger partial charge on any atom is 0.192 e. The summed E-state index contributed by atoms with van der Waals surface area (Å²) in [5.74, 6) is -0.285. The van der Waals surface area contributed by atoms with Crippen molar-refractivity contribution in [2.75, 3.05) is 0 Å². The molecule has 0 atom stereocenters. The van der Waals surface area contributed by atoms with Crippen LogP contribution in [0.3, 0.4) is 0 Å². The molecule has 0 fully saturated rings. The number of halogens is 1. The summed E-state index contributed by atoms with van der Waals surface area (Å²) in [5.41, 5.74) is 2.69. The normalized spacial score (nSPS) is 11.0. The van der Waals surface area contributed by atoms with E-state index in [2.05, 4.69) is 4.98 Å². The standard InChI is InChI=1S/C13H14FNO/c1-4-9-8(3)15-12-6-11(14)7(2)5-10(12)13(9)16/h5-6H,4H2,1-3H3,(H,15,16). The molecule has 84 valence electrons. The number of H-pyrrole nitrogens is 1. The molecular formula is C13H14FNO. The van der Waals surface area contributed by atoms with Gasteiger partial charge in [0.1, 0.15) is 5.82 Å². The van der Waals surface area contributed by atoms with Gasteiger partial charge in [0.2, 0.25) is 0 Å². The SMILES string of the molecule is CCc1c(C)[nH]c2cc(F)c(C)cc2c1=O. The lowest BCUT2D eigenvalue weighted by molar-refractivity contribution is 0.620. The first-order valence-electron chi connectivity index (χ1n) is 5.36. The van der Waals surface area contributed by atoms with E-state index in [0.29, 0.717) is 22.9 Å². The molecule has 0 amide bonds. The highest BCUT2D eigenvalue weighted by Crippen LogP contribution is 2.16. The van der Waals surface area contributed by atoms with Crippen LogP contribution in [0.15, 0.2) is 16.9 Å². The van der Waals surface area contributed by atoms with Crippen LogP contribution in [0.5, 0.6) is 0 Å². The molecule has 0 spiro atoms. The highest BCUT2D eigenvalue weighted by Gasteiger charge is 2.09. The van der Waals surface area contributed by atoms with Crippen LogP contribution < -0.4 is 5.43 Å². The van der Waals surface area contributed by atoms with Crippen LogP contribution in [-0.2, 0) is 6.42 Å². The van der Waals surface area contributed by atoms with Gasteiger partial charge in [0.05, 0.1) is 5.52 Å². The Morgan fingerprint density at radius 2 is 2.00 bits per heavy atom. The first kappa shape index (κ1) is 10.9. The van der Waals surface area contributed by atoms with Crippen molar-refractivity contribution in [3.63, 3.8) is 0 Å². The molecule has 0 aliphatic rings. The molecule has 1 heterocycles. The van der Waals surface area contributed by atoms with Crippen molar-refractivity contribution in [1.82, 2.24) is 4.98 Å². The maximum atomic E-state index is 13.4. The molecular weight excluding hydrogens is 205 g/mol. The van der Waals surface area contributed by atoms with Gasteiger partial charge < -0.3 is 4.98 Å². The highest BCUT2D eigenvalue weighted by atomic mass is 19.1. The van der Waals surface area contributed by atoms with Gasteiger partial charge in [0.25, 0.3) is 0 Å². The van der Waals surface area contributed by atoms with Crippen LogP contribution in [-0.4, -0.2) is 4.98 Å². The van der Waals surface area contributed by atoms with Gasteiger partial charge >= 0.3 is 0 Å². The number of hydrogen-bond donors (Lipinski definition) is 1. The highest BCUT2D eigenvalue weighted by molar-refractivity contribution is 5.80. The first-order chi connectivity index (χ1) is 7.54. The number of aromatic amines is 1. The lowest BCUT2D eigenvalue weighted by Crippen LogP contribution is -2.12. The van der Waals surface area contributed by atoms with E-state index in [1.807, 2.05) is 13.8 Å². The number of hydrogen-bond acceptors (Lipinski definition) is 1. The monoisotopic (exact) mass is 219 g/mol. The van der Waals surface area contributed by atoms with Gasteiger partial charge in [-0.25, -0.2) is 4.39 Å². The fourth-order valence-corrected chi connectivity index (χ4v) is 2.01. The van der Waals surface area contributed by atoms with Gasteiger partial charge in [-0.05, 0) is 38.0 Å². The zero-order valence-electron chi connectivity index (χ0n) is 9.65. The molecule has 0 saturated heterocycles. The van der Waals surface area contributed by atoms with E-state index >= 15 is 0 Å². The zero-order chi connectivity index (χ0) is 11.9. The summed E-state index contributed by atoms with van der Waals surface area (Å²) in [6.07, 6.45) is 0.688. The lowest BCUT2D eigenvalue weighted by atomic mass is 10.0. The molecule has 1 aromatic heterocycles. The van der Waals surface area contributed by atoms with Crippen molar-refractivity contribution in [3.05, 3.63) is 45.0 Å². The number of nitrogens with one attached hydrogen (secondary N) is 1. The minimum Gasteiger partial charge on any atom is -0.358 e. The van der Waals surface area contributed by atoms with Gasteiger partial charge in [-0.2, -0.15) is 0 Å². The van der Waals surface area contributed by atoms with Gasteiger partial charge in [-0.1, -0.05) is 6.92 Å². The molecule has 0 aliphatic heterocycles. The van der Waals surface area contributed by atoms with Gasteiger partial charge in [-0.15, -0.1) is 0 Å². The van der Waals surface area contributed by atoms with E-state index in [9.17, 15) is 9.18 Å². The van der Waals surface area contributed by atoms with Crippen LogP contribution in [0.4, 0.5) is 4.39 Å². The van der Waals surface area contributed by atoms with E-state index in [4.69, 9.17) is 0 Å². The van der Waals surface area contributed by atoms with Crippen LogP contribution in [0.25, 0.3) is 10.9 Å². The van der Waals surface area contributed by atoms with E-state index < -0.39 is 0 Å².